The van der Waals surface area contributed by atoms with Gasteiger partial charge in [0.25, 0.3) is 11.1 Å². The summed E-state index contributed by atoms with van der Waals surface area (Å²) in [4.78, 5) is 48.0. The molecule has 0 unspecified atom stereocenters. The number of aromatic nitrogens is 4. The van der Waals surface area contributed by atoms with Crippen molar-refractivity contribution in [3.63, 3.8) is 0 Å². The molecule has 0 radical (unpaired) electrons. The molecule has 5 heterocycles. The number of hydrogen-bond acceptors (Lipinski definition) is 9. The smallest absolute Gasteiger partial charge is 0.259 e. The molecule has 1 atom stereocenters. The van der Waals surface area contributed by atoms with Crippen LogP contribution in [0, 0.1) is 0 Å². The lowest BCUT2D eigenvalue weighted by atomic mass is 10.1. The van der Waals surface area contributed by atoms with Crippen LogP contribution in [-0.2, 0) is 26.1 Å². The van der Waals surface area contributed by atoms with Crippen LogP contribution in [0.3, 0.4) is 0 Å². The predicted molar refractivity (Wildman–Crippen MR) is 196 cm³/mol. The summed E-state index contributed by atoms with van der Waals surface area (Å²) in [6.07, 6.45) is 0.920. The molecular weight excluding hydrogens is 655 g/mol. The van der Waals surface area contributed by atoms with Gasteiger partial charge in [0, 0.05) is 33.8 Å². The van der Waals surface area contributed by atoms with Gasteiger partial charge in [-0.3, -0.25) is 14.5 Å². The van der Waals surface area contributed by atoms with E-state index < -0.39 is 0 Å². The lowest BCUT2D eigenvalue weighted by Crippen LogP contribution is -2.27. The second kappa shape index (κ2) is 13.1. The number of aromatic amines is 2. The van der Waals surface area contributed by atoms with Crippen LogP contribution in [-0.4, -0.2) is 37.5 Å². The van der Waals surface area contributed by atoms with Crippen molar-refractivity contribution in [2.24, 2.45) is 0 Å². The Morgan fingerprint density at radius 1 is 0.796 bits per heavy atom. The van der Waals surface area contributed by atoms with Gasteiger partial charge in [0.2, 0.25) is 0 Å². The molecule has 0 fully saturated rings. The van der Waals surface area contributed by atoms with Crippen LogP contribution in [0.1, 0.15) is 36.6 Å². The molecule has 1 aliphatic rings. The summed E-state index contributed by atoms with van der Waals surface area (Å²) in [5, 5.41) is 1.12. The third-order valence-corrected chi connectivity index (χ3v) is 10.7. The number of ether oxygens (including phenoxy) is 2. The van der Waals surface area contributed by atoms with Crippen LogP contribution < -0.4 is 20.6 Å². The van der Waals surface area contributed by atoms with E-state index in [0.717, 1.165) is 49.9 Å². The summed E-state index contributed by atoms with van der Waals surface area (Å²) in [5.74, 6) is 2.68. The Balaban J connectivity index is 1.17. The van der Waals surface area contributed by atoms with Crippen molar-refractivity contribution < 1.29 is 9.47 Å². The minimum atomic E-state index is -0.187. The van der Waals surface area contributed by atoms with E-state index in [2.05, 4.69) is 27.9 Å². The molecule has 7 aromatic rings. The number of fused-ring (bicyclic) bond motifs is 3. The summed E-state index contributed by atoms with van der Waals surface area (Å²) in [7, 11) is 0. The number of benzene rings is 3. The van der Waals surface area contributed by atoms with Gasteiger partial charge in [-0.15, -0.1) is 22.7 Å². The van der Waals surface area contributed by atoms with Gasteiger partial charge < -0.3 is 19.4 Å². The lowest BCUT2D eigenvalue weighted by Gasteiger charge is -2.23. The van der Waals surface area contributed by atoms with Gasteiger partial charge in [-0.05, 0) is 49.2 Å². The number of H-pyrrole nitrogens is 2. The highest BCUT2D eigenvalue weighted by atomic mass is 32.1. The molecule has 0 saturated heterocycles. The second-order valence-electron chi connectivity index (χ2n) is 12.2. The first-order valence-electron chi connectivity index (χ1n) is 16.2. The zero-order chi connectivity index (χ0) is 33.5. The van der Waals surface area contributed by atoms with Crippen LogP contribution in [0.5, 0.6) is 11.5 Å². The third-order valence-electron chi connectivity index (χ3n) is 8.54. The Morgan fingerprint density at radius 3 is 1.88 bits per heavy atom. The molecular formula is C38H33N5O4S2. The van der Waals surface area contributed by atoms with Gasteiger partial charge in [-0.2, -0.15) is 0 Å². The number of nitrogens with one attached hydrogen (secondary N) is 2. The number of rotatable bonds is 10. The highest BCUT2D eigenvalue weighted by Crippen LogP contribution is 2.37. The Morgan fingerprint density at radius 2 is 1.35 bits per heavy atom. The summed E-state index contributed by atoms with van der Waals surface area (Å²) >= 11 is 2.99. The van der Waals surface area contributed by atoms with E-state index >= 15 is 0 Å². The van der Waals surface area contributed by atoms with Crippen LogP contribution in [0.4, 0.5) is 0 Å². The third kappa shape index (κ3) is 6.40. The van der Waals surface area contributed by atoms with Gasteiger partial charge in [0.15, 0.2) is 0 Å². The van der Waals surface area contributed by atoms with E-state index in [-0.39, 0.29) is 17.2 Å². The van der Waals surface area contributed by atoms with Crippen molar-refractivity contribution in [2.45, 2.75) is 46.0 Å². The van der Waals surface area contributed by atoms with Gasteiger partial charge in [-0.1, -0.05) is 60.7 Å². The maximum Gasteiger partial charge on any atom is 0.259 e. The van der Waals surface area contributed by atoms with Crippen molar-refractivity contribution in [1.29, 1.82) is 0 Å². The van der Waals surface area contributed by atoms with E-state index in [4.69, 9.17) is 19.4 Å². The Kier molecular flexibility index (Phi) is 8.32. The fraction of sp³-hybridized carbons (Fsp3) is 0.211. The van der Waals surface area contributed by atoms with Crippen LogP contribution in [0.25, 0.3) is 41.3 Å². The zero-order valence-electron chi connectivity index (χ0n) is 27.0. The first-order valence-corrected chi connectivity index (χ1v) is 17.9. The molecule has 2 N–H and O–H groups in total. The summed E-state index contributed by atoms with van der Waals surface area (Å²) in [6.45, 7) is 5.57. The van der Waals surface area contributed by atoms with Gasteiger partial charge in [-0.25, -0.2) is 9.97 Å². The normalized spacial score (nSPS) is 14.1. The molecule has 0 spiro atoms. The van der Waals surface area contributed by atoms with Crippen molar-refractivity contribution in [3.05, 3.63) is 128 Å². The van der Waals surface area contributed by atoms with E-state index in [1.54, 1.807) is 0 Å². The summed E-state index contributed by atoms with van der Waals surface area (Å²) in [5.41, 5.74) is 3.77. The van der Waals surface area contributed by atoms with Crippen molar-refractivity contribution in [1.82, 2.24) is 24.8 Å². The Hall–Kier alpha value is -5.10. The van der Waals surface area contributed by atoms with Crippen molar-refractivity contribution in [2.75, 3.05) is 6.61 Å². The molecule has 11 heteroatoms. The predicted octanol–water partition coefficient (Wildman–Crippen LogP) is 7.54. The van der Waals surface area contributed by atoms with Crippen molar-refractivity contribution in [3.8, 4) is 32.4 Å². The first kappa shape index (κ1) is 31.2. The Bertz CT molecular complexity index is 2280. The molecule has 0 bridgehead atoms. The fourth-order valence-electron chi connectivity index (χ4n) is 6.32. The second-order valence-corrected chi connectivity index (χ2v) is 14.3. The highest BCUT2D eigenvalue weighted by Gasteiger charge is 2.24. The largest absolute Gasteiger partial charge is 0.494 e. The van der Waals surface area contributed by atoms with Gasteiger partial charge >= 0.3 is 0 Å². The quantitative estimate of drug-likeness (QED) is 0.153. The molecule has 0 amide bonds. The monoisotopic (exact) mass is 687 g/mol. The molecule has 0 saturated carbocycles. The van der Waals surface area contributed by atoms with Gasteiger partial charge in [0.05, 0.1) is 30.5 Å². The average Bonchev–Trinajstić information content (AvgIpc) is 3.82. The van der Waals surface area contributed by atoms with E-state index in [1.807, 2.05) is 85.8 Å². The standard InChI is InChI=1S/C38H33N5O4S2/c1-3-46-29-15-25-14-22(2)47-30(25)16-26(29)19-43(20-33-39-35(44)27-17-31(48-37(27)41-33)23-10-6-4-7-11-23)21-34-40-36(45)28-18-32(49-38(28)42-34)24-12-8-5-9-13-24/h4-13,15-18,22H,3,14,19-21H2,1-2H3,(H,39,41,44)(H,40,42,45)/t22-/m0/s1. The zero-order valence-corrected chi connectivity index (χ0v) is 28.6. The van der Waals surface area contributed by atoms with Crippen molar-refractivity contribution >= 4 is 43.1 Å². The lowest BCUT2D eigenvalue weighted by molar-refractivity contribution is 0.228. The van der Waals surface area contributed by atoms with Crippen LogP contribution in [0.2, 0.25) is 0 Å². The maximum absolute atomic E-state index is 13.3. The summed E-state index contributed by atoms with van der Waals surface area (Å²) in [6, 6.07) is 27.9. The molecule has 3 aromatic carbocycles. The molecule has 8 rings (SSSR count). The number of thiophene rings is 2. The van der Waals surface area contributed by atoms with E-state index in [1.165, 1.54) is 22.7 Å². The first-order chi connectivity index (χ1) is 23.9. The molecule has 1 aliphatic heterocycles. The molecule has 246 valence electrons. The van der Waals surface area contributed by atoms with Crippen LogP contribution >= 0.6 is 22.7 Å². The van der Waals surface area contributed by atoms with E-state index in [9.17, 15) is 9.59 Å². The molecule has 49 heavy (non-hydrogen) atoms. The van der Waals surface area contributed by atoms with E-state index in [0.29, 0.717) is 58.3 Å². The fourth-order valence-corrected chi connectivity index (χ4v) is 8.43. The Labute approximate surface area is 289 Å². The topological polar surface area (TPSA) is 113 Å². The number of hydrogen-bond donors (Lipinski definition) is 2. The van der Waals surface area contributed by atoms with Crippen LogP contribution in [0.15, 0.2) is 94.5 Å². The molecule has 9 nitrogen and oxygen atoms in total. The average molecular weight is 688 g/mol. The number of nitrogens with zero attached hydrogens (tertiary/aromatic N) is 3. The SMILES string of the molecule is CCOc1cc2c(cc1CN(Cc1nc3sc(-c4ccccc4)cc3c(=O)[nH]1)Cc1nc3sc(-c4ccccc4)cc3c(=O)[nH]1)O[C@@H](C)C2. The molecule has 4 aromatic heterocycles. The maximum atomic E-state index is 13.3. The van der Waals surface area contributed by atoms with Gasteiger partial charge in [0.1, 0.15) is 38.9 Å². The highest BCUT2D eigenvalue weighted by molar-refractivity contribution is 7.22. The minimum Gasteiger partial charge on any atom is -0.494 e. The summed E-state index contributed by atoms with van der Waals surface area (Å²) < 4.78 is 12.2. The molecule has 0 aliphatic carbocycles. The minimum absolute atomic E-state index is 0.0935.